The zero-order chi connectivity index (χ0) is 33.6. The lowest BCUT2D eigenvalue weighted by molar-refractivity contribution is -0.120. The zero-order valence-electron chi connectivity index (χ0n) is 27.3. The number of amides is 1. The van der Waals surface area contributed by atoms with Gasteiger partial charge >= 0.3 is 0 Å². The maximum atomic E-state index is 11.7. The van der Waals surface area contributed by atoms with E-state index in [-0.39, 0.29) is 17.4 Å². The van der Waals surface area contributed by atoms with Crippen LogP contribution in [0.25, 0.3) is 33.6 Å². The van der Waals surface area contributed by atoms with Gasteiger partial charge in [0.1, 0.15) is 5.75 Å². The van der Waals surface area contributed by atoms with Crippen molar-refractivity contribution in [3.8, 4) is 45.3 Å². The van der Waals surface area contributed by atoms with Crippen LogP contribution in [0.3, 0.4) is 0 Å². The second-order valence-electron chi connectivity index (χ2n) is 13.7. The van der Waals surface area contributed by atoms with E-state index in [0.29, 0.717) is 46.8 Å². The van der Waals surface area contributed by atoms with Crippen LogP contribution in [-0.2, 0) is 17.9 Å². The SMILES string of the molecule is COc1cc(-c2nccc(-c3cccc(-c4ccc(CN5CC6(CNC(=O)C6)C5)c(OC)n4)c3Cl)c2Cl)ccc1CN[C@H]1C[C@@](C)(O)C1. The molecule has 4 aromatic rings. The number of rotatable bonds is 10. The molecule has 11 heteroatoms. The number of carbonyl (C=O) groups is 1. The first-order valence-electron chi connectivity index (χ1n) is 16.2. The number of ether oxygens (including phenoxy) is 2. The summed E-state index contributed by atoms with van der Waals surface area (Å²) in [5, 5.41) is 17.5. The van der Waals surface area contributed by atoms with Gasteiger partial charge in [-0.25, -0.2) is 4.98 Å². The minimum atomic E-state index is -0.578. The molecule has 1 saturated carbocycles. The molecule has 0 unspecified atom stereocenters. The van der Waals surface area contributed by atoms with E-state index in [0.717, 1.165) is 71.6 Å². The number of nitrogens with zero attached hydrogens (tertiary/aromatic N) is 3. The summed E-state index contributed by atoms with van der Waals surface area (Å²) in [6.45, 7) is 5.69. The summed E-state index contributed by atoms with van der Waals surface area (Å²) < 4.78 is 11.5. The number of carbonyl (C=O) groups excluding carboxylic acids is 1. The number of aliphatic hydroxyl groups is 1. The van der Waals surface area contributed by atoms with Gasteiger partial charge in [-0.1, -0.05) is 59.6 Å². The van der Waals surface area contributed by atoms with Gasteiger partial charge < -0.3 is 25.2 Å². The van der Waals surface area contributed by atoms with Gasteiger partial charge in [0.25, 0.3) is 0 Å². The summed E-state index contributed by atoms with van der Waals surface area (Å²) in [4.78, 5) is 23.5. The van der Waals surface area contributed by atoms with Crippen LogP contribution in [0.5, 0.6) is 11.6 Å². The van der Waals surface area contributed by atoms with Crippen LogP contribution in [-0.4, -0.2) is 71.4 Å². The van der Waals surface area contributed by atoms with Crippen molar-refractivity contribution in [2.24, 2.45) is 5.41 Å². The van der Waals surface area contributed by atoms with Gasteiger partial charge in [0, 0.05) is 90.2 Å². The highest BCUT2D eigenvalue weighted by molar-refractivity contribution is 6.39. The average Bonchev–Trinajstić information content (AvgIpc) is 3.44. The molecule has 0 bridgehead atoms. The Morgan fingerprint density at radius 1 is 1.00 bits per heavy atom. The van der Waals surface area contributed by atoms with Gasteiger partial charge in [-0.15, -0.1) is 0 Å². The molecular formula is C37H39Cl2N5O4. The Kier molecular flexibility index (Phi) is 8.85. The van der Waals surface area contributed by atoms with E-state index in [1.807, 2.05) is 61.5 Å². The maximum absolute atomic E-state index is 11.7. The van der Waals surface area contributed by atoms with Crippen LogP contribution in [0, 0.1) is 5.41 Å². The second-order valence-corrected chi connectivity index (χ2v) is 14.4. The fraction of sp³-hybridized carbons (Fsp3) is 0.378. The molecule has 1 aliphatic carbocycles. The molecule has 7 rings (SSSR count). The molecule has 3 aliphatic rings. The molecule has 1 amide bonds. The number of halogens is 2. The van der Waals surface area contributed by atoms with Gasteiger partial charge in [-0.3, -0.25) is 14.7 Å². The first-order valence-corrected chi connectivity index (χ1v) is 16.9. The van der Waals surface area contributed by atoms with E-state index in [9.17, 15) is 9.90 Å². The molecule has 250 valence electrons. The van der Waals surface area contributed by atoms with Crippen molar-refractivity contribution in [3.63, 3.8) is 0 Å². The molecular weight excluding hydrogens is 649 g/mol. The Labute approximate surface area is 290 Å². The Balaban J connectivity index is 1.11. The van der Waals surface area contributed by atoms with Crippen molar-refractivity contribution in [2.45, 2.75) is 50.9 Å². The Morgan fingerprint density at radius 3 is 2.46 bits per heavy atom. The van der Waals surface area contributed by atoms with Crippen LogP contribution >= 0.6 is 23.2 Å². The quantitative estimate of drug-likeness (QED) is 0.183. The summed E-state index contributed by atoms with van der Waals surface area (Å²) in [5.74, 6) is 1.42. The zero-order valence-corrected chi connectivity index (χ0v) is 28.8. The normalized spacial score (nSPS) is 21.5. The van der Waals surface area contributed by atoms with Gasteiger partial charge in [-0.2, -0.15) is 0 Å². The topological polar surface area (TPSA) is 109 Å². The highest BCUT2D eigenvalue weighted by Gasteiger charge is 2.48. The largest absolute Gasteiger partial charge is 0.496 e. The summed E-state index contributed by atoms with van der Waals surface area (Å²) in [7, 11) is 3.28. The standard InChI is InChI=1S/C37H39Cl2N5O4/c1-36(46)14-25(15-36)41-17-23-8-7-22(13-30(23)47-2)34-33(39)27(11-12-40-34)26-5-4-6-28(32(26)38)29-10-9-24(35(43-29)48-3)18-44-20-37(21-44)16-31(45)42-19-37/h4-13,25,41,46H,14-21H2,1-3H3,(H,42,45)/t25-,36+. The van der Waals surface area contributed by atoms with E-state index in [4.69, 9.17) is 37.7 Å². The number of hydrogen-bond acceptors (Lipinski definition) is 8. The molecule has 3 fully saturated rings. The Hall–Kier alpha value is -3.73. The first kappa shape index (κ1) is 32.8. The molecule has 2 aromatic heterocycles. The van der Waals surface area contributed by atoms with Crippen molar-refractivity contribution in [2.75, 3.05) is 33.9 Å². The van der Waals surface area contributed by atoms with Crippen LogP contribution in [0.4, 0.5) is 0 Å². The van der Waals surface area contributed by atoms with Crippen molar-refractivity contribution in [3.05, 3.63) is 82.0 Å². The predicted molar refractivity (Wildman–Crippen MR) is 187 cm³/mol. The van der Waals surface area contributed by atoms with Crippen molar-refractivity contribution >= 4 is 29.1 Å². The summed E-state index contributed by atoms with van der Waals surface area (Å²) >= 11 is 14.2. The van der Waals surface area contributed by atoms with Crippen LogP contribution in [0.15, 0.2) is 60.8 Å². The number of pyridine rings is 2. The lowest BCUT2D eigenvalue weighted by atomic mass is 9.77. The summed E-state index contributed by atoms with van der Waals surface area (Å²) in [6, 6.07) is 17.9. The molecule has 0 radical (unpaired) electrons. The molecule has 2 saturated heterocycles. The van der Waals surface area contributed by atoms with Gasteiger partial charge in [-0.05, 0) is 38.0 Å². The Bertz CT molecular complexity index is 1870. The highest BCUT2D eigenvalue weighted by atomic mass is 35.5. The van der Waals surface area contributed by atoms with Crippen molar-refractivity contribution in [1.29, 1.82) is 0 Å². The molecule has 9 nitrogen and oxygen atoms in total. The lowest BCUT2D eigenvalue weighted by Crippen LogP contribution is -2.56. The minimum absolute atomic E-state index is 0.0622. The number of benzene rings is 2. The number of methoxy groups -OCH3 is 2. The molecule has 2 aromatic carbocycles. The number of likely N-dealkylation sites (tertiary alicyclic amines) is 1. The lowest BCUT2D eigenvalue weighted by Gasteiger charge is -2.47. The summed E-state index contributed by atoms with van der Waals surface area (Å²) in [5.41, 5.74) is 5.91. The Morgan fingerprint density at radius 2 is 1.75 bits per heavy atom. The minimum Gasteiger partial charge on any atom is -0.496 e. The van der Waals surface area contributed by atoms with Gasteiger partial charge in [0.2, 0.25) is 11.8 Å². The van der Waals surface area contributed by atoms with Crippen molar-refractivity contribution in [1.82, 2.24) is 25.5 Å². The molecule has 48 heavy (non-hydrogen) atoms. The molecule has 1 spiro atoms. The van der Waals surface area contributed by atoms with E-state index in [1.165, 1.54) is 0 Å². The number of nitrogens with one attached hydrogen (secondary N) is 2. The third kappa shape index (κ3) is 6.37. The summed E-state index contributed by atoms with van der Waals surface area (Å²) in [6.07, 6.45) is 3.81. The third-order valence-corrected chi connectivity index (χ3v) is 10.6. The number of aromatic nitrogens is 2. The van der Waals surface area contributed by atoms with Crippen LogP contribution in [0.2, 0.25) is 10.0 Å². The molecule has 3 N–H and O–H groups in total. The predicted octanol–water partition coefficient (Wildman–Crippen LogP) is 6.13. The fourth-order valence-electron chi connectivity index (χ4n) is 7.38. The first-order chi connectivity index (χ1) is 23.1. The monoisotopic (exact) mass is 687 g/mol. The second kappa shape index (κ2) is 12.9. The van der Waals surface area contributed by atoms with E-state index >= 15 is 0 Å². The van der Waals surface area contributed by atoms with Crippen LogP contribution < -0.4 is 20.1 Å². The van der Waals surface area contributed by atoms with Crippen LogP contribution in [0.1, 0.15) is 37.3 Å². The third-order valence-electron chi connectivity index (χ3n) is 9.81. The fourth-order valence-corrected chi connectivity index (χ4v) is 8.02. The number of hydrogen-bond donors (Lipinski definition) is 3. The van der Waals surface area contributed by atoms with E-state index < -0.39 is 5.60 Å². The highest BCUT2D eigenvalue weighted by Crippen LogP contribution is 2.43. The average molecular weight is 689 g/mol. The van der Waals surface area contributed by atoms with Crippen molar-refractivity contribution < 1.29 is 19.4 Å². The smallest absolute Gasteiger partial charge is 0.220 e. The van der Waals surface area contributed by atoms with Gasteiger partial charge in [0.15, 0.2) is 0 Å². The van der Waals surface area contributed by atoms with E-state index in [2.05, 4.69) is 20.5 Å². The van der Waals surface area contributed by atoms with E-state index in [1.54, 1.807) is 20.4 Å². The molecule has 0 atom stereocenters. The molecule has 4 heterocycles. The molecule has 2 aliphatic heterocycles. The van der Waals surface area contributed by atoms with Gasteiger partial charge in [0.05, 0.1) is 41.3 Å². The maximum Gasteiger partial charge on any atom is 0.220 e.